The highest BCUT2D eigenvalue weighted by atomic mass is 16.6. The topological polar surface area (TPSA) is 67.4 Å². The largest absolute Gasteiger partial charge is 0.444 e. The van der Waals surface area contributed by atoms with Gasteiger partial charge >= 0.3 is 6.09 Å². The second kappa shape index (κ2) is 8.82. The van der Waals surface area contributed by atoms with E-state index in [4.69, 9.17) is 4.74 Å². The molecule has 0 spiro atoms. The van der Waals surface area contributed by atoms with E-state index in [0.717, 1.165) is 12.8 Å². The molecule has 0 saturated carbocycles. The number of amides is 2. The summed E-state index contributed by atoms with van der Waals surface area (Å²) in [7, 11) is 0. The van der Waals surface area contributed by atoms with Crippen LogP contribution in [0.15, 0.2) is 0 Å². The summed E-state index contributed by atoms with van der Waals surface area (Å²) in [5, 5.41) is 5.34. The van der Waals surface area contributed by atoms with Crippen LogP contribution in [0.3, 0.4) is 0 Å². The average Bonchev–Trinajstić information content (AvgIpc) is 2.24. The molecule has 0 aromatic rings. The lowest BCUT2D eigenvalue weighted by atomic mass is 10.1. The van der Waals surface area contributed by atoms with E-state index in [1.165, 1.54) is 6.42 Å². The summed E-state index contributed by atoms with van der Waals surface area (Å²) in [4.78, 5) is 23.3. The van der Waals surface area contributed by atoms with Gasteiger partial charge in [0.1, 0.15) is 11.6 Å². The Kier molecular flexibility index (Phi) is 8.26. The molecule has 5 nitrogen and oxygen atoms in total. The van der Waals surface area contributed by atoms with Crippen molar-refractivity contribution in [2.45, 2.75) is 72.4 Å². The molecule has 20 heavy (non-hydrogen) atoms. The number of nitrogens with one attached hydrogen (secondary N) is 2. The maximum Gasteiger partial charge on any atom is 0.408 e. The number of rotatable bonds is 7. The van der Waals surface area contributed by atoms with Crippen molar-refractivity contribution in [3.63, 3.8) is 0 Å². The summed E-state index contributed by atoms with van der Waals surface area (Å²) in [5.74, 6) is 0.513. The average molecular weight is 286 g/mol. The Balaban J connectivity index is 3.84. The fourth-order valence-electron chi connectivity index (χ4n) is 1.59. The Bertz CT molecular complexity index is 309. The van der Waals surface area contributed by atoms with Gasteiger partial charge in [0.2, 0.25) is 5.91 Å². The molecule has 1 unspecified atom stereocenters. The molecule has 0 radical (unpaired) electrons. The third kappa shape index (κ3) is 10.6. The Hall–Kier alpha value is -1.26. The molecule has 0 fully saturated rings. The quantitative estimate of drug-likeness (QED) is 0.707. The maximum absolute atomic E-state index is 11.8. The third-order valence-corrected chi connectivity index (χ3v) is 2.63. The summed E-state index contributed by atoms with van der Waals surface area (Å²) in [6.45, 7) is 12.0. The summed E-state index contributed by atoms with van der Waals surface area (Å²) < 4.78 is 5.10. The minimum Gasteiger partial charge on any atom is -0.444 e. The first-order valence-corrected chi connectivity index (χ1v) is 7.39. The third-order valence-electron chi connectivity index (χ3n) is 2.63. The van der Waals surface area contributed by atoms with Crippen LogP contribution in [0, 0.1) is 5.92 Å². The normalized spacial score (nSPS) is 12.9. The van der Waals surface area contributed by atoms with E-state index in [2.05, 4.69) is 24.5 Å². The molecule has 0 aromatic carbocycles. The van der Waals surface area contributed by atoms with Gasteiger partial charge in [-0.15, -0.1) is 0 Å². The lowest BCUT2D eigenvalue weighted by Crippen LogP contribution is -2.46. The van der Waals surface area contributed by atoms with Gasteiger partial charge in [0.15, 0.2) is 0 Å². The molecule has 1 atom stereocenters. The predicted octanol–water partition coefficient (Wildman–Crippen LogP) is 2.84. The van der Waals surface area contributed by atoms with Gasteiger partial charge in [0.25, 0.3) is 0 Å². The van der Waals surface area contributed by atoms with Crippen molar-refractivity contribution >= 4 is 12.0 Å². The van der Waals surface area contributed by atoms with Crippen molar-refractivity contribution in [1.29, 1.82) is 0 Å². The van der Waals surface area contributed by atoms with Crippen LogP contribution in [0.1, 0.15) is 60.8 Å². The van der Waals surface area contributed by atoms with Crippen LogP contribution < -0.4 is 10.6 Å². The van der Waals surface area contributed by atoms with Crippen molar-refractivity contribution in [3.05, 3.63) is 0 Å². The number of alkyl carbamates (subject to hydrolysis) is 1. The van der Waals surface area contributed by atoms with E-state index >= 15 is 0 Å². The van der Waals surface area contributed by atoms with Crippen LogP contribution in [0.2, 0.25) is 0 Å². The zero-order valence-electron chi connectivity index (χ0n) is 13.7. The van der Waals surface area contributed by atoms with E-state index in [1.54, 1.807) is 27.7 Å². The molecule has 0 saturated heterocycles. The van der Waals surface area contributed by atoms with Crippen LogP contribution in [-0.2, 0) is 9.53 Å². The molecule has 0 aromatic heterocycles. The van der Waals surface area contributed by atoms with Crippen molar-refractivity contribution in [1.82, 2.24) is 10.6 Å². The molecule has 0 bridgehead atoms. The van der Waals surface area contributed by atoms with Crippen LogP contribution in [0.4, 0.5) is 4.79 Å². The molecular weight excluding hydrogens is 256 g/mol. The molecular formula is C15H30N2O3. The number of ether oxygens (including phenoxy) is 1. The van der Waals surface area contributed by atoms with Gasteiger partial charge in [-0.25, -0.2) is 4.79 Å². The van der Waals surface area contributed by atoms with Crippen LogP contribution in [0.5, 0.6) is 0 Å². The summed E-state index contributed by atoms with van der Waals surface area (Å²) in [5.41, 5.74) is -0.558. The number of hydrogen-bond acceptors (Lipinski definition) is 3. The lowest BCUT2D eigenvalue weighted by Gasteiger charge is -2.21. The number of carbonyl (C=O) groups is 2. The van der Waals surface area contributed by atoms with Gasteiger partial charge in [0.05, 0.1) is 0 Å². The molecule has 0 heterocycles. The number of hydrogen-bond donors (Lipinski definition) is 2. The Morgan fingerprint density at radius 2 is 1.70 bits per heavy atom. The molecule has 5 heteroatoms. The first kappa shape index (κ1) is 18.7. The number of unbranched alkanes of at least 4 members (excludes halogenated alkanes) is 1. The molecule has 118 valence electrons. The molecule has 2 amide bonds. The molecule has 2 N–H and O–H groups in total. The highest BCUT2D eigenvalue weighted by Crippen LogP contribution is 2.07. The van der Waals surface area contributed by atoms with Crippen molar-refractivity contribution in [3.8, 4) is 0 Å². The van der Waals surface area contributed by atoms with E-state index < -0.39 is 17.7 Å². The highest BCUT2D eigenvalue weighted by Gasteiger charge is 2.20. The molecule has 0 aliphatic rings. The van der Waals surface area contributed by atoms with Gasteiger partial charge in [-0.2, -0.15) is 0 Å². The lowest BCUT2D eigenvalue weighted by molar-refractivity contribution is -0.122. The van der Waals surface area contributed by atoms with Gasteiger partial charge in [-0.3, -0.25) is 4.79 Å². The van der Waals surface area contributed by atoms with Gasteiger partial charge in [-0.1, -0.05) is 26.7 Å². The summed E-state index contributed by atoms with van der Waals surface area (Å²) in [6.07, 6.45) is 2.66. The second-order valence-electron chi connectivity index (χ2n) is 6.55. The highest BCUT2D eigenvalue weighted by molar-refractivity contribution is 5.85. The molecule has 0 aliphatic carbocycles. The van der Waals surface area contributed by atoms with E-state index in [9.17, 15) is 9.59 Å². The van der Waals surface area contributed by atoms with Crippen molar-refractivity contribution in [2.24, 2.45) is 5.92 Å². The van der Waals surface area contributed by atoms with Crippen LogP contribution >= 0.6 is 0 Å². The van der Waals surface area contributed by atoms with Crippen LogP contribution in [0.25, 0.3) is 0 Å². The summed E-state index contributed by atoms with van der Waals surface area (Å²) in [6, 6.07) is -0.588. The first-order chi connectivity index (χ1) is 9.11. The Labute approximate surface area is 122 Å². The first-order valence-electron chi connectivity index (χ1n) is 7.39. The summed E-state index contributed by atoms with van der Waals surface area (Å²) >= 11 is 0. The van der Waals surface area contributed by atoms with E-state index in [1.807, 2.05) is 0 Å². The zero-order chi connectivity index (χ0) is 15.8. The fraction of sp³-hybridized carbons (Fsp3) is 0.867. The van der Waals surface area contributed by atoms with E-state index in [-0.39, 0.29) is 5.91 Å². The molecule has 0 aliphatic heterocycles. The minimum absolute atomic E-state index is 0.180. The second-order valence-corrected chi connectivity index (χ2v) is 6.55. The van der Waals surface area contributed by atoms with E-state index in [0.29, 0.717) is 12.5 Å². The van der Waals surface area contributed by atoms with Crippen LogP contribution in [-0.4, -0.2) is 30.2 Å². The fourth-order valence-corrected chi connectivity index (χ4v) is 1.59. The molecule has 0 rings (SSSR count). The standard InChI is InChI=1S/C15H30N2O3/c1-11(2)9-7-8-10-16-13(18)12(3)17-14(19)20-15(4,5)6/h11-12H,7-10H2,1-6H3,(H,16,18)(H,17,19). The van der Waals surface area contributed by atoms with Gasteiger partial charge < -0.3 is 15.4 Å². The maximum atomic E-state index is 11.8. The smallest absolute Gasteiger partial charge is 0.408 e. The monoisotopic (exact) mass is 286 g/mol. The Morgan fingerprint density at radius 3 is 2.20 bits per heavy atom. The van der Waals surface area contributed by atoms with Crippen molar-refractivity contribution in [2.75, 3.05) is 6.54 Å². The SMILES string of the molecule is CC(C)CCCCNC(=O)C(C)NC(=O)OC(C)(C)C. The minimum atomic E-state index is -0.588. The van der Waals surface area contributed by atoms with Crippen molar-refractivity contribution < 1.29 is 14.3 Å². The zero-order valence-corrected chi connectivity index (χ0v) is 13.7. The number of carbonyl (C=O) groups excluding carboxylic acids is 2. The Morgan fingerprint density at radius 1 is 1.10 bits per heavy atom. The van der Waals surface area contributed by atoms with Gasteiger partial charge in [-0.05, 0) is 40.0 Å². The predicted molar refractivity (Wildman–Crippen MR) is 80.5 cm³/mol. The van der Waals surface area contributed by atoms with Gasteiger partial charge in [0, 0.05) is 6.54 Å².